The minimum atomic E-state index is 0.404. The highest BCUT2D eigenvalue weighted by atomic mass is 35.5. The van der Waals surface area contributed by atoms with Gasteiger partial charge < -0.3 is 15.0 Å². The van der Waals surface area contributed by atoms with Crippen molar-refractivity contribution in [3.8, 4) is 17.2 Å². The first-order chi connectivity index (χ1) is 8.74. The number of hydrogen-bond acceptors (Lipinski definition) is 5. The second-order valence-corrected chi connectivity index (χ2v) is 4.19. The molecule has 0 fully saturated rings. The summed E-state index contributed by atoms with van der Waals surface area (Å²) in [6.45, 7) is 0.602. The third-order valence-corrected chi connectivity index (χ3v) is 2.70. The van der Waals surface area contributed by atoms with Crippen LogP contribution in [0.4, 0.5) is 0 Å². The van der Waals surface area contributed by atoms with E-state index < -0.39 is 0 Å². The van der Waals surface area contributed by atoms with Crippen molar-refractivity contribution < 1.29 is 9.26 Å². The van der Waals surface area contributed by atoms with Crippen LogP contribution in [0, 0.1) is 0 Å². The molecule has 0 saturated carbocycles. The zero-order chi connectivity index (χ0) is 13.0. The Balaban J connectivity index is 2.30. The lowest BCUT2D eigenvalue weighted by atomic mass is 10.2. The average Bonchev–Trinajstić information content (AvgIpc) is 2.85. The third kappa shape index (κ3) is 2.80. The first kappa shape index (κ1) is 12.9. The number of halogens is 1. The van der Waals surface area contributed by atoms with Crippen LogP contribution in [0.1, 0.15) is 12.2 Å². The van der Waals surface area contributed by atoms with Gasteiger partial charge in [0.25, 0.3) is 5.89 Å². The van der Waals surface area contributed by atoms with E-state index in [-0.39, 0.29) is 0 Å². The molecule has 0 amide bonds. The first-order valence-corrected chi connectivity index (χ1v) is 5.99. The first-order valence-electron chi connectivity index (χ1n) is 5.61. The zero-order valence-corrected chi connectivity index (χ0v) is 10.8. The van der Waals surface area contributed by atoms with Crippen LogP contribution in [0.15, 0.2) is 22.7 Å². The van der Waals surface area contributed by atoms with Gasteiger partial charge in [-0.1, -0.05) is 16.8 Å². The molecule has 0 unspecified atom stereocenters. The number of methoxy groups -OCH3 is 1. The predicted octanol–water partition coefficient (Wildman–Crippen LogP) is 2.29. The third-order valence-electron chi connectivity index (χ3n) is 2.46. The fourth-order valence-electron chi connectivity index (χ4n) is 1.57. The maximum absolute atomic E-state index is 5.95. The number of rotatable bonds is 5. The normalized spacial score (nSPS) is 10.6. The minimum Gasteiger partial charge on any atom is -0.496 e. The summed E-state index contributed by atoms with van der Waals surface area (Å²) in [4.78, 5) is 4.30. The molecular weight excluding hydrogens is 254 g/mol. The number of nitrogens with two attached hydrogens (primary N) is 1. The second-order valence-electron chi connectivity index (χ2n) is 3.75. The largest absolute Gasteiger partial charge is 0.496 e. The Morgan fingerprint density at radius 1 is 1.44 bits per heavy atom. The molecule has 96 valence electrons. The average molecular weight is 268 g/mol. The molecule has 0 aliphatic rings. The topological polar surface area (TPSA) is 74.2 Å². The van der Waals surface area contributed by atoms with Gasteiger partial charge >= 0.3 is 0 Å². The molecule has 6 heteroatoms. The van der Waals surface area contributed by atoms with Gasteiger partial charge in [0.1, 0.15) is 5.75 Å². The van der Waals surface area contributed by atoms with Crippen molar-refractivity contribution in [1.29, 1.82) is 0 Å². The highest BCUT2D eigenvalue weighted by Crippen LogP contribution is 2.31. The van der Waals surface area contributed by atoms with Gasteiger partial charge in [-0.25, -0.2) is 0 Å². The predicted molar refractivity (Wildman–Crippen MR) is 68.7 cm³/mol. The van der Waals surface area contributed by atoms with Gasteiger partial charge in [-0.3, -0.25) is 0 Å². The monoisotopic (exact) mass is 267 g/mol. The Labute approximate surface area is 110 Å². The Hall–Kier alpha value is -1.59. The maximum atomic E-state index is 5.95. The standard InChI is InChI=1S/C12H14ClN3O2/c1-17-10-5-4-8(13)7-9(10)12-15-11(16-18-12)3-2-6-14/h4-5,7H,2-3,6,14H2,1H3. The molecular formula is C12H14ClN3O2. The van der Waals surface area contributed by atoms with E-state index >= 15 is 0 Å². The van der Waals surface area contributed by atoms with Crippen LogP contribution >= 0.6 is 11.6 Å². The fraction of sp³-hybridized carbons (Fsp3) is 0.333. The minimum absolute atomic E-state index is 0.404. The number of benzene rings is 1. The molecule has 1 heterocycles. The van der Waals surface area contributed by atoms with Gasteiger partial charge in [0, 0.05) is 11.4 Å². The molecule has 5 nitrogen and oxygen atoms in total. The summed E-state index contributed by atoms with van der Waals surface area (Å²) in [7, 11) is 1.58. The summed E-state index contributed by atoms with van der Waals surface area (Å²) >= 11 is 5.95. The van der Waals surface area contributed by atoms with Gasteiger partial charge in [0.2, 0.25) is 0 Å². The lowest BCUT2D eigenvalue weighted by molar-refractivity contribution is 0.402. The van der Waals surface area contributed by atoms with Crippen LogP contribution < -0.4 is 10.5 Å². The molecule has 18 heavy (non-hydrogen) atoms. The van der Waals surface area contributed by atoms with Crippen LogP contribution in [0.2, 0.25) is 5.02 Å². The molecule has 0 atom stereocenters. The molecule has 1 aromatic heterocycles. The number of ether oxygens (including phenoxy) is 1. The van der Waals surface area contributed by atoms with Gasteiger partial charge in [-0.05, 0) is 31.2 Å². The number of aryl methyl sites for hydroxylation is 1. The van der Waals surface area contributed by atoms with Crippen molar-refractivity contribution >= 4 is 11.6 Å². The molecule has 0 aliphatic carbocycles. The van der Waals surface area contributed by atoms with Crippen LogP contribution in [0.5, 0.6) is 5.75 Å². The number of nitrogens with zero attached hydrogens (tertiary/aromatic N) is 2. The summed E-state index contributed by atoms with van der Waals surface area (Å²) in [5.74, 6) is 1.69. The van der Waals surface area contributed by atoms with Gasteiger partial charge in [-0.2, -0.15) is 4.98 Å². The van der Waals surface area contributed by atoms with Crippen LogP contribution in [0.3, 0.4) is 0 Å². The quantitative estimate of drug-likeness (QED) is 0.900. The van der Waals surface area contributed by atoms with Crippen molar-refractivity contribution in [1.82, 2.24) is 10.1 Å². The van der Waals surface area contributed by atoms with Crippen molar-refractivity contribution in [2.75, 3.05) is 13.7 Å². The fourth-order valence-corrected chi connectivity index (χ4v) is 1.74. The van der Waals surface area contributed by atoms with E-state index in [0.717, 1.165) is 6.42 Å². The van der Waals surface area contributed by atoms with E-state index in [1.165, 1.54) is 0 Å². The molecule has 0 saturated heterocycles. The smallest absolute Gasteiger partial charge is 0.261 e. The van der Waals surface area contributed by atoms with Crippen molar-refractivity contribution in [3.05, 3.63) is 29.0 Å². The van der Waals surface area contributed by atoms with Crippen molar-refractivity contribution in [2.45, 2.75) is 12.8 Å². The van der Waals surface area contributed by atoms with Crippen LogP contribution in [-0.2, 0) is 6.42 Å². The molecule has 0 spiro atoms. The van der Waals surface area contributed by atoms with Gasteiger partial charge in [0.05, 0.1) is 12.7 Å². The van der Waals surface area contributed by atoms with Crippen LogP contribution in [-0.4, -0.2) is 23.8 Å². The van der Waals surface area contributed by atoms with E-state index in [4.69, 9.17) is 26.6 Å². The molecule has 0 aliphatic heterocycles. The summed E-state index contributed by atoms with van der Waals surface area (Å²) in [5, 5.41) is 4.49. The van der Waals surface area contributed by atoms with E-state index in [1.54, 1.807) is 25.3 Å². The van der Waals surface area contributed by atoms with Gasteiger partial charge in [-0.15, -0.1) is 0 Å². The van der Waals surface area contributed by atoms with Crippen molar-refractivity contribution in [2.24, 2.45) is 5.73 Å². The Morgan fingerprint density at radius 2 is 2.28 bits per heavy atom. The molecule has 2 aromatic rings. The lowest BCUT2D eigenvalue weighted by Crippen LogP contribution is -2.01. The van der Waals surface area contributed by atoms with Crippen molar-refractivity contribution in [3.63, 3.8) is 0 Å². The zero-order valence-electron chi connectivity index (χ0n) is 10.0. The van der Waals surface area contributed by atoms with E-state index in [1.807, 2.05) is 0 Å². The molecule has 1 aromatic carbocycles. The SMILES string of the molecule is COc1ccc(Cl)cc1-c1nc(CCCN)no1. The van der Waals surface area contributed by atoms with Gasteiger partial charge in [0.15, 0.2) is 5.82 Å². The summed E-state index contributed by atoms with van der Waals surface area (Å²) in [5.41, 5.74) is 6.13. The lowest BCUT2D eigenvalue weighted by Gasteiger charge is -2.04. The molecule has 2 N–H and O–H groups in total. The number of hydrogen-bond donors (Lipinski definition) is 1. The van der Waals surface area contributed by atoms with E-state index in [9.17, 15) is 0 Å². The number of aromatic nitrogens is 2. The van der Waals surface area contributed by atoms with E-state index in [0.29, 0.717) is 41.0 Å². The summed E-state index contributed by atoms with van der Waals surface area (Å²) < 4.78 is 10.4. The highest BCUT2D eigenvalue weighted by Gasteiger charge is 2.14. The Kier molecular flexibility index (Phi) is 4.17. The highest BCUT2D eigenvalue weighted by molar-refractivity contribution is 6.30. The summed E-state index contributed by atoms with van der Waals surface area (Å²) in [6, 6.07) is 5.25. The Morgan fingerprint density at radius 3 is 3.00 bits per heavy atom. The second kappa shape index (κ2) is 5.84. The van der Waals surface area contributed by atoms with E-state index in [2.05, 4.69) is 10.1 Å². The molecule has 2 rings (SSSR count). The molecule has 0 radical (unpaired) electrons. The van der Waals surface area contributed by atoms with Crippen LogP contribution in [0.25, 0.3) is 11.5 Å². The summed E-state index contributed by atoms with van der Waals surface area (Å²) in [6.07, 6.45) is 1.52. The molecule has 0 bridgehead atoms. The maximum Gasteiger partial charge on any atom is 0.261 e. The Bertz CT molecular complexity index is 528.